The number of imidazole rings is 1. The minimum Gasteiger partial charge on any atom is -0.426 e. The Hall–Kier alpha value is -4.09. The molecule has 160 valence electrons. The first kappa shape index (κ1) is 19.6. The van der Waals surface area contributed by atoms with E-state index in [9.17, 15) is 4.79 Å². The Balaban J connectivity index is 1.29. The van der Waals surface area contributed by atoms with E-state index in [0.29, 0.717) is 22.5 Å². The fourth-order valence-electron chi connectivity index (χ4n) is 4.03. The molecule has 1 N–H and O–H groups in total. The zero-order chi connectivity index (χ0) is 22.4. The molecule has 0 bridgehead atoms. The van der Waals surface area contributed by atoms with Crippen LogP contribution >= 0.6 is 11.6 Å². The third-order valence-electron chi connectivity index (χ3n) is 5.66. The summed E-state index contributed by atoms with van der Waals surface area (Å²) < 4.78 is 11.0. The molecule has 1 aliphatic heterocycles. The van der Waals surface area contributed by atoms with Gasteiger partial charge in [-0.2, -0.15) is 4.98 Å². The van der Waals surface area contributed by atoms with E-state index in [-0.39, 0.29) is 12.4 Å². The molecule has 0 fully saturated rings. The molecule has 4 aromatic carbocycles. The Morgan fingerprint density at radius 3 is 2.45 bits per heavy atom. The zero-order valence-corrected chi connectivity index (χ0v) is 18.1. The number of fused-ring (bicyclic) bond motifs is 2. The van der Waals surface area contributed by atoms with Crippen LogP contribution in [0.25, 0.3) is 33.3 Å². The molecule has 5 aromatic rings. The number of carbonyl (C=O) groups excluding carboxylic acids is 1. The number of ether oxygens (including phenoxy) is 2. The zero-order valence-electron chi connectivity index (χ0n) is 17.3. The van der Waals surface area contributed by atoms with E-state index in [4.69, 9.17) is 21.1 Å². The van der Waals surface area contributed by atoms with E-state index in [1.165, 1.54) is 5.56 Å². The van der Waals surface area contributed by atoms with Gasteiger partial charge in [-0.05, 0) is 47.0 Å². The fraction of sp³-hybridized carbons (Fsp3) is 0.0370. The van der Waals surface area contributed by atoms with Crippen LogP contribution in [-0.4, -0.2) is 15.9 Å². The van der Waals surface area contributed by atoms with Gasteiger partial charge in [0.2, 0.25) is 0 Å². The first-order chi connectivity index (χ1) is 16.1. The standard InChI is InChI=1S/C27H17ClN2O3/c28-22-15-24-23(14-21(22)18-8-6-17(7-9-18)16-4-2-1-3-5-16)29-27(30-24)32-20-10-11-25-19(12-20)13-26(31)33-25/h1-12,14-15H,13H2,(H,29,30). The third kappa shape index (κ3) is 3.73. The molecule has 2 heterocycles. The van der Waals surface area contributed by atoms with E-state index in [0.717, 1.165) is 33.3 Å². The highest BCUT2D eigenvalue weighted by molar-refractivity contribution is 6.34. The molecule has 0 spiro atoms. The second-order valence-electron chi connectivity index (χ2n) is 7.86. The quantitative estimate of drug-likeness (QED) is 0.240. The van der Waals surface area contributed by atoms with Gasteiger partial charge in [0.1, 0.15) is 11.5 Å². The molecular weight excluding hydrogens is 436 g/mol. The summed E-state index contributed by atoms with van der Waals surface area (Å²) in [6.07, 6.45) is 0.245. The molecule has 0 atom stereocenters. The first-order valence-corrected chi connectivity index (χ1v) is 10.9. The Bertz CT molecular complexity index is 1510. The molecule has 0 amide bonds. The molecule has 0 unspecified atom stereocenters. The number of hydrogen-bond donors (Lipinski definition) is 1. The van der Waals surface area contributed by atoms with Crippen molar-refractivity contribution in [3.63, 3.8) is 0 Å². The molecule has 0 radical (unpaired) electrons. The average molecular weight is 453 g/mol. The van der Waals surface area contributed by atoms with Crippen molar-refractivity contribution in [1.29, 1.82) is 0 Å². The van der Waals surface area contributed by atoms with Crippen molar-refractivity contribution in [1.82, 2.24) is 9.97 Å². The number of rotatable bonds is 4. The van der Waals surface area contributed by atoms with Crippen molar-refractivity contribution >= 4 is 28.6 Å². The highest BCUT2D eigenvalue weighted by Gasteiger charge is 2.21. The molecule has 33 heavy (non-hydrogen) atoms. The Kier molecular flexibility index (Phi) is 4.63. The monoisotopic (exact) mass is 452 g/mol. The number of nitrogens with one attached hydrogen (secondary N) is 1. The van der Waals surface area contributed by atoms with Crippen LogP contribution in [0.1, 0.15) is 5.56 Å². The number of H-pyrrole nitrogens is 1. The molecule has 5 nitrogen and oxygen atoms in total. The van der Waals surface area contributed by atoms with Crippen LogP contribution in [0.3, 0.4) is 0 Å². The number of aromatic nitrogens is 2. The highest BCUT2D eigenvalue weighted by Crippen LogP contribution is 2.35. The maximum atomic E-state index is 11.5. The van der Waals surface area contributed by atoms with Gasteiger partial charge in [-0.3, -0.25) is 4.79 Å². The van der Waals surface area contributed by atoms with Gasteiger partial charge in [0, 0.05) is 11.1 Å². The number of benzene rings is 4. The number of aromatic amines is 1. The number of halogens is 1. The lowest BCUT2D eigenvalue weighted by atomic mass is 10.00. The van der Waals surface area contributed by atoms with Gasteiger partial charge in [-0.15, -0.1) is 0 Å². The van der Waals surface area contributed by atoms with Crippen LogP contribution in [-0.2, 0) is 11.2 Å². The molecule has 0 saturated heterocycles. The molecule has 0 aliphatic carbocycles. The second kappa shape index (κ2) is 7.80. The first-order valence-electron chi connectivity index (χ1n) is 10.5. The summed E-state index contributed by atoms with van der Waals surface area (Å²) in [7, 11) is 0. The average Bonchev–Trinajstić information content (AvgIpc) is 3.40. The third-order valence-corrected chi connectivity index (χ3v) is 5.97. The minimum absolute atomic E-state index is 0.245. The van der Waals surface area contributed by atoms with Crippen molar-refractivity contribution < 1.29 is 14.3 Å². The van der Waals surface area contributed by atoms with Crippen LogP contribution < -0.4 is 9.47 Å². The van der Waals surface area contributed by atoms with Crippen molar-refractivity contribution in [2.45, 2.75) is 6.42 Å². The van der Waals surface area contributed by atoms with Crippen LogP contribution in [0.15, 0.2) is 84.9 Å². The number of carbonyl (C=O) groups is 1. The lowest BCUT2D eigenvalue weighted by molar-refractivity contribution is -0.131. The van der Waals surface area contributed by atoms with Crippen LogP contribution in [0.4, 0.5) is 0 Å². The van der Waals surface area contributed by atoms with E-state index in [1.54, 1.807) is 18.2 Å². The summed E-state index contributed by atoms with van der Waals surface area (Å²) in [4.78, 5) is 19.2. The summed E-state index contributed by atoms with van der Waals surface area (Å²) in [6, 6.07) is 28.0. The van der Waals surface area contributed by atoms with E-state index in [2.05, 4.69) is 46.4 Å². The Morgan fingerprint density at radius 2 is 1.64 bits per heavy atom. The highest BCUT2D eigenvalue weighted by atomic mass is 35.5. The molecule has 6 heteroatoms. The summed E-state index contributed by atoms with van der Waals surface area (Å²) in [6.45, 7) is 0. The predicted molar refractivity (Wildman–Crippen MR) is 128 cm³/mol. The van der Waals surface area contributed by atoms with Crippen LogP contribution in [0.2, 0.25) is 5.02 Å². The van der Waals surface area contributed by atoms with Gasteiger partial charge in [0.05, 0.1) is 22.5 Å². The van der Waals surface area contributed by atoms with E-state index in [1.807, 2.05) is 30.3 Å². The normalized spacial score (nSPS) is 12.6. The minimum atomic E-state index is -0.259. The maximum Gasteiger partial charge on any atom is 0.315 e. The van der Waals surface area contributed by atoms with Gasteiger partial charge >= 0.3 is 5.97 Å². The molecule has 0 saturated carbocycles. The Morgan fingerprint density at radius 1 is 0.879 bits per heavy atom. The number of esters is 1. The SMILES string of the molecule is O=C1Cc2cc(Oc3nc4cc(-c5ccc(-c6ccccc6)cc5)c(Cl)cc4[nH]3)ccc2O1. The van der Waals surface area contributed by atoms with Crippen molar-refractivity contribution in [2.24, 2.45) is 0 Å². The summed E-state index contributed by atoms with van der Waals surface area (Å²) in [5.41, 5.74) is 6.55. The largest absolute Gasteiger partial charge is 0.426 e. The van der Waals surface area contributed by atoms with Gasteiger partial charge in [0.15, 0.2) is 0 Å². The number of nitrogens with zero attached hydrogens (tertiary/aromatic N) is 1. The van der Waals surface area contributed by atoms with Gasteiger partial charge in [-0.25, -0.2) is 0 Å². The summed E-state index contributed by atoms with van der Waals surface area (Å²) in [5, 5.41) is 0.623. The molecule has 1 aliphatic rings. The second-order valence-corrected chi connectivity index (χ2v) is 8.26. The van der Waals surface area contributed by atoms with Gasteiger partial charge in [-0.1, -0.05) is 66.2 Å². The number of hydrogen-bond acceptors (Lipinski definition) is 4. The predicted octanol–water partition coefficient (Wildman–Crippen LogP) is 6.80. The van der Waals surface area contributed by atoms with Crippen molar-refractivity contribution in [3.8, 4) is 39.8 Å². The van der Waals surface area contributed by atoms with E-state index >= 15 is 0 Å². The van der Waals surface area contributed by atoms with Gasteiger partial charge < -0.3 is 14.5 Å². The smallest absolute Gasteiger partial charge is 0.315 e. The van der Waals surface area contributed by atoms with Gasteiger partial charge in [0.25, 0.3) is 6.01 Å². The topological polar surface area (TPSA) is 64.2 Å². The van der Waals surface area contributed by atoms with Crippen molar-refractivity contribution in [3.05, 3.63) is 95.5 Å². The van der Waals surface area contributed by atoms with Crippen LogP contribution in [0, 0.1) is 0 Å². The molecular formula is C27H17ClN2O3. The molecule has 6 rings (SSSR count). The maximum absolute atomic E-state index is 11.5. The Labute approximate surface area is 194 Å². The molecule has 1 aromatic heterocycles. The lowest BCUT2D eigenvalue weighted by Gasteiger charge is -2.07. The van der Waals surface area contributed by atoms with Crippen molar-refractivity contribution in [2.75, 3.05) is 0 Å². The van der Waals surface area contributed by atoms with Crippen LogP contribution in [0.5, 0.6) is 17.5 Å². The van der Waals surface area contributed by atoms with E-state index < -0.39 is 0 Å². The summed E-state index contributed by atoms with van der Waals surface area (Å²) in [5.74, 6) is 0.894. The lowest BCUT2D eigenvalue weighted by Crippen LogP contribution is -2.00. The summed E-state index contributed by atoms with van der Waals surface area (Å²) >= 11 is 6.61. The fourth-order valence-corrected chi connectivity index (χ4v) is 4.31.